The molecule has 1 aromatic heterocycles. The number of aryl methyl sites for hydroxylation is 4. The van der Waals surface area contributed by atoms with Crippen molar-refractivity contribution in [3.05, 3.63) is 63.4 Å². The topological polar surface area (TPSA) is 42.2 Å². The molecule has 0 fully saturated rings. The normalized spacial score (nSPS) is 11.0. The molecule has 24 heavy (non-hydrogen) atoms. The molecule has 0 spiro atoms. The van der Waals surface area contributed by atoms with E-state index in [0.29, 0.717) is 0 Å². The number of carbonyl (C=O) groups is 1. The molecule has 1 amide bonds. The highest BCUT2D eigenvalue weighted by Gasteiger charge is 2.16. The molecule has 0 radical (unpaired) electrons. The molecule has 2 aromatic carbocycles. The zero-order valence-electron chi connectivity index (χ0n) is 14.3. The first-order valence-corrected chi connectivity index (χ1v) is 8.27. The molecule has 124 valence electrons. The highest BCUT2D eigenvalue weighted by Crippen LogP contribution is 2.32. The molecule has 1 heterocycles. The van der Waals surface area contributed by atoms with E-state index in [-0.39, 0.29) is 12.3 Å². The third kappa shape index (κ3) is 3.17. The Morgan fingerprint density at radius 1 is 1.08 bits per heavy atom. The Kier molecular flexibility index (Phi) is 4.37. The van der Waals surface area contributed by atoms with Crippen molar-refractivity contribution in [1.82, 2.24) is 0 Å². The van der Waals surface area contributed by atoms with Crippen LogP contribution >= 0.6 is 11.6 Å². The number of furan rings is 1. The lowest BCUT2D eigenvalue weighted by Crippen LogP contribution is -2.14. The van der Waals surface area contributed by atoms with E-state index in [9.17, 15) is 4.79 Å². The molecule has 3 rings (SSSR count). The lowest BCUT2D eigenvalue weighted by Gasteiger charge is -2.08. The third-order valence-electron chi connectivity index (χ3n) is 4.15. The second-order valence-corrected chi connectivity index (χ2v) is 6.75. The van der Waals surface area contributed by atoms with E-state index in [2.05, 4.69) is 11.4 Å². The Bertz CT molecular complexity index is 920. The average molecular weight is 342 g/mol. The van der Waals surface area contributed by atoms with Gasteiger partial charge in [0.15, 0.2) is 0 Å². The fourth-order valence-corrected chi connectivity index (χ4v) is 3.31. The van der Waals surface area contributed by atoms with E-state index < -0.39 is 0 Å². The van der Waals surface area contributed by atoms with E-state index in [0.717, 1.165) is 49.5 Å². The zero-order valence-corrected chi connectivity index (χ0v) is 15.0. The van der Waals surface area contributed by atoms with Gasteiger partial charge < -0.3 is 9.73 Å². The molecule has 3 nitrogen and oxygen atoms in total. The van der Waals surface area contributed by atoms with Crippen LogP contribution in [-0.4, -0.2) is 5.91 Å². The fourth-order valence-electron chi connectivity index (χ4n) is 3.16. The maximum absolute atomic E-state index is 12.4. The van der Waals surface area contributed by atoms with Gasteiger partial charge in [-0.05, 0) is 68.1 Å². The standard InChI is InChI=1S/C20H20ClNO2/c1-11-5-12(2)7-16(6-11)22-18(23)9-15-10-24-17-8-13(3)20(21)14(4)19(15)17/h5-8,10H,9H2,1-4H3,(H,22,23). The van der Waals surface area contributed by atoms with Crippen LogP contribution in [0.25, 0.3) is 11.0 Å². The first-order valence-electron chi connectivity index (χ1n) is 7.89. The van der Waals surface area contributed by atoms with Gasteiger partial charge in [-0.3, -0.25) is 4.79 Å². The van der Waals surface area contributed by atoms with Gasteiger partial charge in [-0.15, -0.1) is 0 Å². The van der Waals surface area contributed by atoms with Crippen molar-refractivity contribution in [3.8, 4) is 0 Å². The van der Waals surface area contributed by atoms with Gasteiger partial charge in [0.1, 0.15) is 5.58 Å². The molecule has 0 aliphatic rings. The third-order valence-corrected chi connectivity index (χ3v) is 4.73. The van der Waals surface area contributed by atoms with Crippen molar-refractivity contribution < 1.29 is 9.21 Å². The molecule has 0 bridgehead atoms. The minimum Gasteiger partial charge on any atom is -0.464 e. The van der Waals surface area contributed by atoms with Crippen LogP contribution in [-0.2, 0) is 11.2 Å². The molecular formula is C20H20ClNO2. The maximum atomic E-state index is 12.4. The van der Waals surface area contributed by atoms with Crippen LogP contribution in [0.3, 0.4) is 0 Å². The van der Waals surface area contributed by atoms with Crippen molar-refractivity contribution >= 4 is 34.2 Å². The monoisotopic (exact) mass is 341 g/mol. The molecule has 1 N–H and O–H groups in total. The van der Waals surface area contributed by atoms with Gasteiger partial charge in [-0.2, -0.15) is 0 Å². The largest absolute Gasteiger partial charge is 0.464 e. The summed E-state index contributed by atoms with van der Waals surface area (Å²) in [6.07, 6.45) is 1.90. The lowest BCUT2D eigenvalue weighted by molar-refractivity contribution is -0.115. The molecule has 3 aromatic rings. The Labute approximate surface area is 146 Å². The summed E-state index contributed by atoms with van der Waals surface area (Å²) in [7, 11) is 0. The smallest absolute Gasteiger partial charge is 0.228 e. The predicted octanol–water partition coefficient (Wildman–Crippen LogP) is 5.50. The summed E-state index contributed by atoms with van der Waals surface area (Å²) in [6.45, 7) is 7.93. The summed E-state index contributed by atoms with van der Waals surface area (Å²) < 4.78 is 5.62. The summed E-state index contributed by atoms with van der Waals surface area (Å²) in [5, 5.41) is 4.61. The Balaban J connectivity index is 1.87. The molecule has 0 aliphatic heterocycles. The van der Waals surface area contributed by atoms with E-state index in [1.54, 1.807) is 6.26 Å². The van der Waals surface area contributed by atoms with Crippen LogP contribution in [0, 0.1) is 27.7 Å². The van der Waals surface area contributed by atoms with Crippen LogP contribution < -0.4 is 5.32 Å². The highest BCUT2D eigenvalue weighted by atomic mass is 35.5. The van der Waals surface area contributed by atoms with Crippen LogP contribution in [0.5, 0.6) is 0 Å². The number of rotatable bonds is 3. The number of hydrogen-bond donors (Lipinski definition) is 1. The molecule has 0 saturated heterocycles. The van der Waals surface area contributed by atoms with E-state index in [4.69, 9.17) is 16.0 Å². The summed E-state index contributed by atoms with van der Waals surface area (Å²) in [5.74, 6) is -0.0706. The Morgan fingerprint density at radius 3 is 2.42 bits per heavy atom. The van der Waals surface area contributed by atoms with Crippen molar-refractivity contribution in [3.63, 3.8) is 0 Å². The van der Waals surface area contributed by atoms with Crippen molar-refractivity contribution in [2.75, 3.05) is 5.32 Å². The predicted molar refractivity (Wildman–Crippen MR) is 98.9 cm³/mol. The van der Waals surface area contributed by atoms with Crippen LogP contribution in [0.2, 0.25) is 5.02 Å². The second-order valence-electron chi connectivity index (χ2n) is 6.37. The van der Waals surface area contributed by atoms with Gasteiger partial charge in [0, 0.05) is 21.7 Å². The van der Waals surface area contributed by atoms with Gasteiger partial charge >= 0.3 is 0 Å². The van der Waals surface area contributed by atoms with Crippen molar-refractivity contribution in [1.29, 1.82) is 0 Å². The van der Waals surface area contributed by atoms with E-state index in [1.165, 1.54) is 0 Å². The molecule has 0 atom stereocenters. The van der Waals surface area contributed by atoms with Gasteiger partial charge in [-0.1, -0.05) is 17.7 Å². The first-order chi connectivity index (χ1) is 11.3. The number of anilines is 1. The molecular weight excluding hydrogens is 322 g/mol. The minimum atomic E-state index is -0.0706. The Hall–Kier alpha value is -2.26. The summed E-state index contributed by atoms with van der Waals surface area (Å²) in [6, 6.07) is 7.91. The average Bonchev–Trinajstić information content (AvgIpc) is 2.86. The van der Waals surface area contributed by atoms with E-state index >= 15 is 0 Å². The number of carbonyl (C=O) groups excluding carboxylic acids is 1. The zero-order chi connectivity index (χ0) is 17.4. The lowest BCUT2D eigenvalue weighted by atomic mass is 10.0. The molecule has 0 aliphatic carbocycles. The van der Waals surface area contributed by atoms with Gasteiger partial charge in [-0.25, -0.2) is 0 Å². The van der Waals surface area contributed by atoms with Gasteiger partial charge in [0.2, 0.25) is 5.91 Å². The Morgan fingerprint density at radius 2 is 1.75 bits per heavy atom. The van der Waals surface area contributed by atoms with Gasteiger partial charge in [0.25, 0.3) is 0 Å². The molecule has 4 heteroatoms. The summed E-state index contributed by atoms with van der Waals surface area (Å²) in [5.41, 5.74) is 6.61. The van der Waals surface area contributed by atoms with Crippen molar-refractivity contribution in [2.24, 2.45) is 0 Å². The molecule has 0 saturated carbocycles. The second kappa shape index (κ2) is 6.33. The SMILES string of the molecule is Cc1cc(C)cc(NC(=O)Cc2coc3cc(C)c(Cl)c(C)c23)c1. The summed E-state index contributed by atoms with van der Waals surface area (Å²) >= 11 is 6.34. The number of amides is 1. The quantitative estimate of drug-likeness (QED) is 0.683. The number of nitrogens with one attached hydrogen (secondary N) is 1. The van der Waals surface area contributed by atoms with E-state index in [1.807, 2.05) is 45.9 Å². The minimum absolute atomic E-state index is 0.0706. The fraction of sp³-hybridized carbons (Fsp3) is 0.250. The van der Waals surface area contributed by atoms with Crippen LogP contribution in [0.15, 0.2) is 34.9 Å². The van der Waals surface area contributed by atoms with Crippen LogP contribution in [0.1, 0.15) is 27.8 Å². The van der Waals surface area contributed by atoms with Crippen LogP contribution in [0.4, 0.5) is 5.69 Å². The first kappa shape index (κ1) is 16.6. The van der Waals surface area contributed by atoms with Gasteiger partial charge in [0.05, 0.1) is 12.7 Å². The number of halogens is 1. The number of benzene rings is 2. The highest BCUT2D eigenvalue weighted by molar-refractivity contribution is 6.33. The number of fused-ring (bicyclic) bond motifs is 1. The summed E-state index contributed by atoms with van der Waals surface area (Å²) in [4.78, 5) is 12.4. The number of hydrogen-bond acceptors (Lipinski definition) is 2. The molecule has 0 unspecified atom stereocenters. The van der Waals surface area contributed by atoms with Crippen molar-refractivity contribution in [2.45, 2.75) is 34.1 Å². The maximum Gasteiger partial charge on any atom is 0.228 e.